The number of aromatic nitrogens is 2. The average Bonchev–Trinajstić information content (AvgIpc) is 3.03. The first kappa shape index (κ1) is 15.8. The molecule has 1 aliphatic carbocycles. The van der Waals surface area contributed by atoms with Crippen LogP contribution in [0.2, 0.25) is 0 Å². The zero-order chi connectivity index (χ0) is 14.6. The maximum atomic E-state index is 5.91. The molecule has 1 heterocycles. The molecule has 0 amide bonds. The number of hydrogen-bond donors (Lipinski definition) is 1. The molecule has 114 valence electrons. The molecule has 0 radical (unpaired) electrons. The monoisotopic (exact) mass is 297 g/mol. The van der Waals surface area contributed by atoms with Gasteiger partial charge in [0.2, 0.25) is 0 Å². The minimum Gasteiger partial charge on any atom is -0.308 e. The van der Waals surface area contributed by atoms with Crippen LogP contribution in [0.3, 0.4) is 0 Å². The van der Waals surface area contributed by atoms with Gasteiger partial charge in [0.15, 0.2) is 0 Å². The van der Waals surface area contributed by atoms with E-state index in [9.17, 15) is 0 Å². The van der Waals surface area contributed by atoms with Gasteiger partial charge < -0.3 is 5.32 Å². The highest BCUT2D eigenvalue weighted by molar-refractivity contribution is 6.17. The molecule has 1 aromatic heterocycles. The van der Waals surface area contributed by atoms with Gasteiger partial charge in [0.05, 0.1) is 11.7 Å². The van der Waals surface area contributed by atoms with Crippen LogP contribution in [0.5, 0.6) is 0 Å². The van der Waals surface area contributed by atoms with Gasteiger partial charge >= 0.3 is 0 Å². The molecule has 0 aliphatic heterocycles. The lowest BCUT2D eigenvalue weighted by atomic mass is 9.85. The third kappa shape index (κ3) is 4.23. The van der Waals surface area contributed by atoms with Gasteiger partial charge in [0.1, 0.15) is 0 Å². The molecule has 1 N–H and O–H groups in total. The van der Waals surface area contributed by atoms with Crippen molar-refractivity contribution < 1.29 is 0 Å². The molecule has 0 aromatic carbocycles. The van der Waals surface area contributed by atoms with E-state index in [0.717, 1.165) is 18.7 Å². The first-order chi connectivity index (χ1) is 9.50. The molecule has 1 aromatic rings. The van der Waals surface area contributed by atoms with Crippen molar-refractivity contribution in [2.24, 2.45) is 5.41 Å². The fourth-order valence-electron chi connectivity index (χ4n) is 3.02. The van der Waals surface area contributed by atoms with Gasteiger partial charge in [-0.25, -0.2) is 0 Å². The Kier molecular flexibility index (Phi) is 5.50. The summed E-state index contributed by atoms with van der Waals surface area (Å²) >= 11 is 5.91. The standard InChI is InChI=1S/C16H28ClN3/c1-16(2,3)15(8-10-17)18-12-13-9-11-20(19-13)14-6-4-5-7-14/h9,11,14-15,18H,4-8,10,12H2,1-3H3. The normalized spacial score (nSPS) is 18.6. The summed E-state index contributed by atoms with van der Waals surface area (Å²) in [6.45, 7) is 7.61. The van der Waals surface area contributed by atoms with Crippen LogP contribution in [0.25, 0.3) is 0 Å². The molecule has 1 unspecified atom stereocenters. The predicted molar refractivity (Wildman–Crippen MR) is 85.2 cm³/mol. The molecule has 2 rings (SSSR count). The lowest BCUT2D eigenvalue weighted by Crippen LogP contribution is -2.40. The quantitative estimate of drug-likeness (QED) is 0.800. The maximum Gasteiger partial charge on any atom is 0.0762 e. The Morgan fingerprint density at radius 3 is 2.70 bits per heavy atom. The van der Waals surface area contributed by atoms with E-state index in [4.69, 9.17) is 16.7 Å². The Balaban J connectivity index is 1.89. The average molecular weight is 298 g/mol. The number of rotatable bonds is 6. The smallest absolute Gasteiger partial charge is 0.0762 e. The molecule has 4 heteroatoms. The van der Waals surface area contributed by atoms with Gasteiger partial charge in [-0.05, 0) is 30.7 Å². The Labute approximate surface area is 128 Å². The van der Waals surface area contributed by atoms with Crippen molar-refractivity contribution in [3.8, 4) is 0 Å². The molecule has 20 heavy (non-hydrogen) atoms. The maximum absolute atomic E-state index is 5.91. The van der Waals surface area contributed by atoms with E-state index in [0.29, 0.717) is 18.0 Å². The van der Waals surface area contributed by atoms with E-state index >= 15 is 0 Å². The van der Waals surface area contributed by atoms with Crippen LogP contribution in [-0.2, 0) is 6.54 Å². The molecule has 0 saturated heterocycles. The Morgan fingerprint density at radius 2 is 2.10 bits per heavy atom. The summed E-state index contributed by atoms with van der Waals surface area (Å²) in [7, 11) is 0. The molecule has 1 aliphatic rings. The van der Waals surface area contributed by atoms with Crippen LogP contribution in [0.4, 0.5) is 0 Å². The highest BCUT2D eigenvalue weighted by Gasteiger charge is 2.24. The van der Waals surface area contributed by atoms with Crippen LogP contribution >= 0.6 is 11.6 Å². The predicted octanol–water partition coefficient (Wildman–Crippen LogP) is 4.13. The van der Waals surface area contributed by atoms with Gasteiger partial charge in [-0.2, -0.15) is 5.10 Å². The highest BCUT2D eigenvalue weighted by Crippen LogP contribution is 2.28. The van der Waals surface area contributed by atoms with E-state index in [2.05, 4.69) is 43.0 Å². The summed E-state index contributed by atoms with van der Waals surface area (Å²) < 4.78 is 2.16. The summed E-state index contributed by atoms with van der Waals surface area (Å²) in [5.41, 5.74) is 1.36. The lowest BCUT2D eigenvalue weighted by Gasteiger charge is -2.31. The largest absolute Gasteiger partial charge is 0.308 e. The second kappa shape index (κ2) is 6.95. The van der Waals surface area contributed by atoms with Crippen LogP contribution < -0.4 is 5.32 Å². The fraction of sp³-hybridized carbons (Fsp3) is 0.812. The van der Waals surface area contributed by atoms with Gasteiger partial charge in [-0.1, -0.05) is 33.6 Å². The molecule has 1 saturated carbocycles. The van der Waals surface area contributed by atoms with Crippen molar-refractivity contribution >= 4 is 11.6 Å². The minimum atomic E-state index is 0.225. The Bertz CT molecular complexity index is 402. The van der Waals surface area contributed by atoms with Crippen LogP contribution in [0, 0.1) is 5.41 Å². The lowest BCUT2D eigenvalue weighted by molar-refractivity contribution is 0.259. The van der Waals surface area contributed by atoms with Crippen molar-refractivity contribution in [1.82, 2.24) is 15.1 Å². The van der Waals surface area contributed by atoms with Crippen molar-refractivity contribution in [2.45, 2.75) is 71.5 Å². The Hall–Kier alpha value is -0.540. The van der Waals surface area contributed by atoms with E-state index in [1.54, 1.807) is 0 Å². The van der Waals surface area contributed by atoms with Crippen molar-refractivity contribution in [1.29, 1.82) is 0 Å². The van der Waals surface area contributed by atoms with Gasteiger partial charge in [-0.3, -0.25) is 4.68 Å². The van der Waals surface area contributed by atoms with Crippen molar-refractivity contribution in [3.05, 3.63) is 18.0 Å². The fourth-order valence-corrected chi connectivity index (χ4v) is 3.24. The molecule has 0 bridgehead atoms. The number of alkyl halides is 1. The summed E-state index contributed by atoms with van der Waals surface area (Å²) in [6.07, 6.45) is 8.39. The summed E-state index contributed by atoms with van der Waals surface area (Å²) in [5.74, 6) is 0.700. The molecule has 0 spiro atoms. The molecule has 1 atom stereocenters. The van der Waals surface area contributed by atoms with Crippen molar-refractivity contribution in [2.75, 3.05) is 5.88 Å². The van der Waals surface area contributed by atoms with Gasteiger partial charge in [0, 0.05) is 24.7 Å². The molecule has 3 nitrogen and oxygen atoms in total. The van der Waals surface area contributed by atoms with Crippen LogP contribution in [0.1, 0.15) is 64.6 Å². The Morgan fingerprint density at radius 1 is 1.40 bits per heavy atom. The minimum absolute atomic E-state index is 0.225. The van der Waals surface area contributed by atoms with E-state index in [1.807, 2.05) is 0 Å². The topological polar surface area (TPSA) is 29.9 Å². The molecular weight excluding hydrogens is 270 g/mol. The number of nitrogens with one attached hydrogen (secondary N) is 1. The van der Waals surface area contributed by atoms with Gasteiger partial charge in [0.25, 0.3) is 0 Å². The molecule has 1 fully saturated rings. The first-order valence-electron chi connectivity index (χ1n) is 7.84. The number of hydrogen-bond acceptors (Lipinski definition) is 2. The van der Waals surface area contributed by atoms with E-state index in [1.165, 1.54) is 25.7 Å². The summed E-state index contributed by atoms with van der Waals surface area (Å²) in [6, 6.07) is 3.20. The van der Waals surface area contributed by atoms with E-state index in [-0.39, 0.29) is 5.41 Å². The van der Waals surface area contributed by atoms with Crippen LogP contribution in [0.15, 0.2) is 12.3 Å². The first-order valence-corrected chi connectivity index (χ1v) is 8.37. The SMILES string of the molecule is CC(C)(C)C(CCCl)NCc1ccn(C2CCCC2)n1. The summed E-state index contributed by atoms with van der Waals surface area (Å²) in [5, 5.41) is 8.35. The second-order valence-corrected chi connectivity index (χ2v) is 7.38. The third-order valence-corrected chi connectivity index (χ3v) is 4.55. The second-order valence-electron chi connectivity index (χ2n) is 7.00. The van der Waals surface area contributed by atoms with Crippen molar-refractivity contribution in [3.63, 3.8) is 0 Å². The van der Waals surface area contributed by atoms with Crippen LogP contribution in [-0.4, -0.2) is 21.7 Å². The van der Waals surface area contributed by atoms with Gasteiger partial charge in [-0.15, -0.1) is 11.6 Å². The number of nitrogens with zero attached hydrogens (tertiary/aromatic N) is 2. The number of halogens is 1. The summed E-state index contributed by atoms with van der Waals surface area (Å²) in [4.78, 5) is 0. The van der Waals surface area contributed by atoms with E-state index < -0.39 is 0 Å². The third-order valence-electron chi connectivity index (χ3n) is 4.34. The zero-order valence-corrected chi connectivity index (χ0v) is 13.8. The highest BCUT2D eigenvalue weighted by atomic mass is 35.5. The zero-order valence-electron chi connectivity index (χ0n) is 13.0. The molecular formula is C16H28ClN3.